The zero-order chi connectivity index (χ0) is 18.1. The lowest BCUT2D eigenvalue weighted by molar-refractivity contribution is -0.115. The fraction of sp³-hybridized carbons (Fsp3) is 0.474. The molecule has 1 N–H and O–H groups in total. The summed E-state index contributed by atoms with van der Waals surface area (Å²) in [4.78, 5) is 27.0. The van der Waals surface area contributed by atoms with Crippen LogP contribution in [0.5, 0.6) is 0 Å². The first-order valence-electron chi connectivity index (χ1n) is 8.86. The van der Waals surface area contributed by atoms with Gasteiger partial charge in [0.1, 0.15) is 5.00 Å². The molecule has 0 bridgehead atoms. The maximum Gasteiger partial charge on any atom is 0.238 e. The van der Waals surface area contributed by atoms with Gasteiger partial charge in [0.2, 0.25) is 11.7 Å². The second-order valence-electron chi connectivity index (χ2n) is 6.79. The number of hydrogen-bond acceptors (Lipinski definition) is 6. The monoisotopic (exact) mass is 407 g/mol. The summed E-state index contributed by atoms with van der Waals surface area (Å²) < 4.78 is 5.34. The van der Waals surface area contributed by atoms with Gasteiger partial charge in [0.25, 0.3) is 0 Å². The van der Waals surface area contributed by atoms with Crippen molar-refractivity contribution in [3.8, 4) is 0 Å². The molecule has 4 rings (SSSR count). The van der Waals surface area contributed by atoms with Gasteiger partial charge in [-0.25, -0.2) is 0 Å². The second-order valence-corrected chi connectivity index (χ2v) is 10.4. The maximum atomic E-state index is 13.1. The Morgan fingerprint density at radius 3 is 2.92 bits per heavy atom. The van der Waals surface area contributed by atoms with E-state index in [-0.39, 0.29) is 16.9 Å². The number of thiophene rings is 1. The van der Waals surface area contributed by atoms with Gasteiger partial charge in [-0.3, -0.25) is 9.59 Å². The minimum atomic E-state index is -0.122. The molecular weight excluding hydrogens is 386 g/mol. The van der Waals surface area contributed by atoms with E-state index in [1.165, 1.54) is 11.1 Å². The van der Waals surface area contributed by atoms with Crippen molar-refractivity contribution in [2.45, 2.75) is 31.4 Å². The molecule has 7 heteroatoms. The van der Waals surface area contributed by atoms with Crippen LogP contribution < -0.4 is 5.32 Å². The SMILES string of the molecule is CC1CCc2c(sc(NC(=O)C3CSCCS3)c2C(=O)c2ccco2)C1. The van der Waals surface area contributed by atoms with Crippen LogP contribution in [0.25, 0.3) is 0 Å². The van der Waals surface area contributed by atoms with Gasteiger partial charge in [-0.1, -0.05) is 6.92 Å². The third-order valence-electron chi connectivity index (χ3n) is 4.83. The molecule has 0 spiro atoms. The summed E-state index contributed by atoms with van der Waals surface area (Å²) in [5.74, 6) is 3.77. The van der Waals surface area contributed by atoms with Gasteiger partial charge in [-0.2, -0.15) is 11.8 Å². The Morgan fingerprint density at radius 1 is 1.31 bits per heavy atom. The van der Waals surface area contributed by atoms with E-state index in [0.29, 0.717) is 22.2 Å². The Bertz CT molecular complexity index is 806. The van der Waals surface area contributed by atoms with E-state index in [9.17, 15) is 9.59 Å². The average Bonchev–Trinajstić information content (AvgIpc) is 3.29. The van der Waals surface area contributed by atoms with Crippen molar-refractivity contribution in [3.05, 3.63) is 40.2 Å². The summed E-state index contributed by atoms with van der Waals surface area (Å²) in [7, 11) is 0. The standard InChI is InChI=1S/C19H21NO3S3/c1-11-4-5-12-14(9-11)26-19(16(12)17(21)13-3-2-6-23-13)20-18(22)15-10-24-7-8-25-15/h2-3,6,11,15H,4-5,7-10H2,1H3,(H,20,22). The Labute approximate surface area is 165 Å². The molecule has 1 aliphatic carbocycles. The normalized spacial score (nSPS) is 22.7. The quantitative estimate of drug-likeness (QED) is 0.757. The van der Waals surface area contributed by atoms with Crippen molar-refractivity contribution in [3.63, 3.8) is 0 Å². The van der Waals surface area contributed by atoms with Gasteiger partial charge in [-0.05, 0) is 42.9 Å². The minimum absolute atomic E-state index is 0.0161. The third-order valence-corrected chi connectivity index (χ3v) is 8.75. The first-order chi connectivity index (χ1) is 12.6. The van der Waals surface area contributed by atoms with Crippen LogP contribution in [0.2, 0.25) is 0 Å². The second kappa shape index (κ2) is 7.82. The molecule has 3 heterocycles. The fourth-order valence-electron chi connectivity index (χ4n) is 3.44. The van der Waals surface area contributed by atoms with Crippen LogP contribution in [0, 0.1) is 5.92 Å². The topological polar surface area (TPSA) is 59.3 Å². The van der Waals surface area contributed by atoms with Crippen molar-refractivity contribution in [2.75, 3.05) is 22.6 Å². The van der Waals surface area contributed by atoms with E-state index in [2.05, 4.69) is 12.2 Å². The first-order valence-corrected chi connectivity index (χ1v) is 11.9. The number of amides is 1. The molecule has 26 heavy (non-hydrogen) atoms. The molecule has 138 valence electrons. The highest BCUT2D eigenvalue weighted by atomic mass is 32.2. The zero-order valence-electron chi connectivity index (χ0n) is 14.6. The van der Waals surface area contributed by atoms with Crippen LogP contribution >= 0.6 is 34.9 Å². The maximum absolute atomic E-state index is 13.1. The summed E-state index contributed by atoms with van der Waals surface area (Å²) in [6, 6.07) is 3.42. The summed E-state index contributed by atoms with van der Waals surface area (Å²) in [6.07, 6.45) is 4.45. The van der Waals surface area contributed by atoms with Gasteiger partial charge in [0.15, 0.2) is 5.76 Å². The lowest BCUT2D eigenvalue weighted by atomic mass is 9.87. The summed E-state index contributed by atoms with van der Waals surface area (Å²) in [5, 5.41) is 3.74. The van der Waals surface area contributed by atoms with E-state index >= 15 is 0 Å². The van der Waals surface area contributed by atoms with Crippen molar-refractivity contribution in [1.82, 2.24) is 0 Å². The van der Waals surface area contributed by atoms with E-state index in [1.807, 2.05) is 11.8 Å². The van der Waals surface area contributed by atoms with Gasteiger partial charge < -0.3 is 9.73 Å². The molecule has 1 aliphatic heterocycles. The molecule has 0 saturated carbocycles. The van der Waals surface area contributed by atoms with Crippen LogP contribution in [0.3, 0.4) is 0 Å². The number of rotatable bonds is 4. The Balaban J connectivity index is 1.66. The molecule has 2 atom stereocenters. The third kappa shape index (κ3) is 3.62. The van der Waals surface area contributed by atoms with Crippen LogP contribution in [0.4, 0.5) is 5.00 Å². The van der Waals surface area contributed by atoms with Crippen molar-refractivity contribution in [1.29, 1.82) is 0 Å². The molecule has 1 amide bonds. The Morgan fingerprint density at radius 2 is 2.19 bits per heavy atom. The highest BCUT2D eigenvalue weighted by molar-refractivity contribution is 8.07. The lowest BCUT2D eigenvalue weighted by Gasteiger charge is -2.20. The lowest BCUT2D eigenvalue weighted by Crippen LogP contribution is -2.30. The van der Waals surface area contributed by atoms with E-state index in [0.717, 1.165) is 42.1 Å². The molecule has 4 nitrogen and oxygen atoms in total. The van der Waals surface area contributed by atoms with Gasteiger partial charge in [-0.15, -0.1) is 23.1 Å². The van der Waals surface area contributed by atoms with Crippen LogP contribution in [0.15, 0.2) is 22.8 Å². The number of ketones is 1. The van der Waals surface area contributed by atoms with E-state index in [4.69, 9.17) is 4.42 Å². The Kier molecular flexibility index (Phi) is 5.47. The van der Waals surface area contributed by atoms with Crippen molar-refractivity contribution in [2.24, 2.45) is 5.92 Å². The predicted octanol–water partition coefficient (Wildman–Crippen LogP) is 4.48. The van der Waals surface area contributed by atoms with Gasteiger partial charge in [0.05, 0.1) is 17.1 Å². The van der Waals surface area contributed by atoms with Crippen molar-refractivity contribution < 1.29 is 14.0 Å². The summed E-state index contributed by atoms with van der Waals surface area (Å²) >= 11 is 5.10. The number of hydrogen-bond donors (Lipinski definition) is 1. The van der Waals surface area contributed by atoms with Crippen LogP contribution in [0.1, 0.15) is 39.9 Å². The average molecular weight is 408 g/mol. The smallest absolute Gasteiger partial charge is 0.238 e. The molecule has 0 radical (unpaired) electrons. The van der Waals surface area contributed by atoms with Crippen molar-refractivity contribution >= 4 is 51.6 Å². The number of furan rings is 1. The Hall–Kier alpha value is -1.18. The number of thioether (sulfide) groups is 2. The molecule has 2 aromatic heterocycles. The molecule has 0 aromatic carbocycles. The number of carbonyl (C=O) groups excluding carboxylic acids is 2. The predicted molar refractivity (Wildman–Crippen MR) is 110 cm³/mol. The number of nitrogens with one attached hydrogen (secondary N) is 1. The highest BCUT2D eigenvalue weighted by Crippen LogP contribution is 2.41. The summed E-state index contributed by atoms with van der Waals surface area (Å²) in [5.41, 5.74) is 1.75. The van der Waals surface area contributed by atoms with E-state index in [1.54, 1.807) is 35.2 Å². The largest absolute Gasteiger partial charge is 0.461 e. The van der Waals surface area contributed by atoms with Crippen LogP contribution in [-0.4, -0.2) is 34.2 Å². The minimum Gasteiger partial charge on any atom is -0.461 e. The highest BCUT2D eigenvalue weighted by Gasteiger charge is 2.31. The first kappa shape index (κ1) is 18.2. The fourth-order valence-corrected chi connectivity index (χ4v) is 7.41. The molecule has 1 saturated heterocycles. The molecule has 2 aliphatic rings. The number of anilines is 1. The number of fused-ring (bicyclic) bond motifs is 1. The molecule has 2 unspecified atom stereocenters. The van der Waals surface area contributed by atoms with Crippen LogP contribution in [-0.2, 0) is 17.6 Å². The van der Waals surface area contributed by atoms with Gasteiger partial charge in [0, 0.05) is 22.1 Å². The molecular formula is C19H21NO3S3. The molecule has 1 fully saturated rings. The molecule has 2 aromatic rings. The van der Waals surface area contributed by atoms with E-state index < -0.39 is 0 Å². The van der Waals surface area contributed by atoms with Gasteiger partial charge >= 0.3 is 0 Å². The number of carbonyl (C=O) groups is 2. The summed E-state index contributed by atoms with van der Waals surface area (Å²) in [6.45, 7) is 2.24. The zero-order valence-corrected chi connectivity index (χ0v) is 17.0.